The molecule has 29 heavy (non-hydrogen) atoms. The van der Waals surface area contributed by atoms with Gasteiger partial charge in [0.1, 0.15) is 5.75 Å². The van der Waals surface area contributed by atoms with Crippen molar-refractivity contribution in [3.63, 3.8) is 0 Å². The van der Waals surface area contributed by atoms with Crippen molar-refractivity contribution < 1.29 is 13.4 Å². The quantitative estimate of drug-likeness (QED) is 0.613. The third kappa shape index (κ3) is 9.72. The number of rotatable bonds is 4. The Morgan fingerprint density at radius 1 is 1.24 bits per heavy atom. The van der Waals surface area contributed by atoms with Crippen LogP contribution in [0.3, 0.4) is 0 Å². The number of nitrogens with one attached hydrogen (secondary N) is 2. The van der Waals surface area contributed by atoms with Gasteiger partial charge in [-0.1, -0.05) is 47.5 Å². The van der Waals surface area contributed by atoms with Gasteiger partial charge < -0.3 is 15.4 Å². The fraction of sp³-hybridized carbons (Fsp3) is 0.381. The van der Waals surface area contributed by atoms with Crippen LogP contribution in [0.5, 0.6) is 5.75 Å². The summed E-state index contributed by atoms with van der Waals surface area (Å²) in [5, 5.41) is 7.47. The first-order chi connectivity index (χ1) is 13.9. The Labute approximate surface area is 186 Å². The van der Waals surface area contributed by atoms with Crippen LogP contribution in [0.4, 0.5) is 3.89 Å². The predicted octanol–water partition coefficient (Wildman–Crippen LogP) is 5.71. The number of ether oxygens (including phenoxy) is 1. The van der Waals surface area contributed by atoms with E-state index in [4.69, 9.17) is 27.9 Å². The minimum Gasteiger partial charge on any atom is -0.497 e. The molecule has 1 aliphatic rings. The van der Waals surface area contributed by atoms with Gasteiger partial charge >= 0.3 is 0 Å². The van der Waals surface area contributed by atoms with E-state index in [1.807, 2.05) is 43.3 Å². The van der Waals surface area contributed by atoms with Crippen molar-refractivity contribution in [1.82, 2.24) is 10.6 Å². The van der Waals surface area contributed by atoms with Crippen molar-refractivity contribution in [1.29, 1.82) is 0 Å². The molecule has 0 bridgehead atoms. The van der Waals surface area contributed by atoms with E-state index in [1.165, 1.54) is 6.26 Å². The van der Waals surface area contributed by atoms with Gasteiger partial charge in [-0.05, 0) is 49.7 Å². The van der Waals surface area contributed by atoms with E-state index in [0.717, 1.165) is 30.8 Å². The molecule has 3 rings (SSSR count). The molecule has 0 spiro atoms. The van der Waals surface area contributed by atoms with Crippen molar-refractivity contribution in [2.24, 2.45) is 5.92 Å². The van der Waals surface area contributed by atoms with Gasteiger partial charge in [-0.25, -0.2) is 0 Å². The third-order valence-electron chi connectivity index (χ3n) is 4.21. The predicted molar refractivity (Wildman–Crippen MR) is 122 cm³/mol. The van der Waals surface area contributed by atoms with Crippen LogP contribution < -0.4 is 15.4 Å². The van der Waals surface area contributed by atoms with Gasteiger partial charge in [0.15, 0.2) is 0 Å². The summed E-state index contributed by atoms with van der Waals surface area (Å²) >= 11 is 11.4. The Bertz CT molecular complexity index is 725. The van der Waals surface area contributed by atoms with Gasteiger partial charge in [0.05, 0.1) is 29.1 Å². The summed E-state index contributed by atoms with van der Waals surface area (Å²) in [5.41, 5.74) is 1.06. The van der Waals surface area contributed by atoms with Crippen LogP contribution in [0.25, 0.3) is 0 Å². The van der Waals surface area contributed by atoms with Gasteiger partial charge in [-0.2, -0.15) is 3.89 Å². The highest BCUT2D eigenvalue weighted by Gasteiger charge is 2.23. The topological polar surface area (TPSA) is 50.4 Å². The van der Waals surface area contributed by atoms with Crippen molar-refractivity contribution >= 4 is 41.3 Å². The summed E-state index contributed by atoms with van der Waals surface area (Å²) in [6.07, 6.45) is 2.30. The number of methoxy groups -OCH3 is 1. The number of amides is 1. The van der Waals surface area contributed by atoms with E-state index < -0.39 is 0 Å². The largest absolute Gasteiger partial charge is 0.497 e. The Hall–Kier alpha value is -1.47. The van der Waals surface area contributed by atoms with E-state index in [-0.39, 0.29) is 30.0 Å². The molecule has 2 atom stereocenters. The SMILES string of the molecule is COc1cccc([C@H](C)NC(=O)C2CCNC2)c1.CSF.Clc1ccccc1Cl. The molecule has 1 aliphatic heterocycles. The zero-order valence-electron chi connectivity index (χ0n) is 16.8. The number of halogens is 3. The summed E-state index contributed by atoms with van der Waals surface area (Å²) in [6, 6.07) is 15.0. The summed E-state index contributed by atoms with van der Waals surface area (Å²) in [7, 11) is 1.65. The van der Waals surface area contributed by atoms with E-state index >= 15 is 0 Å². The number of benzene rings is 2. The van der Waals surface area contributed by atoms with Crippen LogP contribution in [0.1, 0.15) is 24.9 Å². The maximum Gasteiger partial charge on any atom is 0.224 e. The minimum absolute atomic E-state index is 0.00759. The lowest BCUT2D eigenvalue weighted by Crippen LogP contribution is -2.33. The Morgan fingerprint density at radius 2 is 1.86 bits per heavy atom. The molecule has 1 unspecified atom stereocenters. The van der Waals surface area contributed by atoms with Crippen LogP contribution in [0.15, 0.2) is 48.5 Å². The first-order valence-electron chi connectivity index (χ1n) is 9.12. The molecule has 0 aliphatic carbocycles. The summed E-state index contributed by atoms with van der Waals surface area (Å²) < 4.78 is 15.4. The highest BCUT2D eigenvalue weighted by molar-refractivity contribution is 7.93. The second-order valence-corrected chi connectivity index (χ2v) is 7.39. The van der Waals surface area contributed by atoms with Crippen molar-refractivity contribution in [3.8, 4) is 5.75 Å². The molecule has 1 amide bonds. The van der Waals surface area contributed by atoms with Crippen LogP contribution in [0.2, 0.25) is 10.0 Å². The number of carbonyl (C=O) groups is 1. The first kappa shape index (κ1) is 25.6. The van der Waals surface area contributed by atoms with Gasteiger partial charge in [-0.15, -0.1) is 0 Å². The number of carbonyl (C=O) groups excluding carboxylic acids is 1. The maximum atomic E-state index is 12.0. The average Bonchev–Trinajstić information content (AvgIpc) is 3.26. The highest BCUT2D eigenvalue weighted by Crippen LogP contribution is 2.20. The lowest BCUT2D eigenvalue weighted by Gasteiger charge is -2.17. The molecule has 1 saturated heterocycles. The Kier molecular flexibility index (Phi) is 12.8. The van der Waals surface area contributed by atoms with Crippen LogP contribution in [0, 0.1) is 5.92 Å². The highest BCUT2D eigenvalue weighted by atomic mass is 35.5. The number of hydrogen-bond donors (Lipinski definition) is 2. The Balaban J connectivity index is 0.000000317. The average molecular weight is 461 g/mol. The van der Waals surface area contributed by atoms with E-state index in [2.05, 4.69) is 10.6 Å². The van der Waals surface area contributed by atoms with E-state index in [1.54, 1.807) is 19.2 Å². The van der Waals surface area contributed by atoms with Crippen LogP contribution >= 0.6 is 35.3 Å². The van der Waals surface area contributed by atoms with Crippen LogP contribution in [-0.2, 0) is 4.79 Å². The summed E-state index contributed by atoms with van der Waals surface area (Å²) in [5.74, 6) is 1.06. The molecule has 0 saturated carbocycles. The van der Waals surface area contributed by atoms with E-state index in [0.29, 0.717) is 10.0 Å². The first-order valence-corrected chi connectivity index (χ1v) is 11.0. The molecule has 1 fully saturated rings. The third-order valence-corrected chi connectivity index (χ3v) is 4.96. The molecule has 160 valence electrons. The zero-order chi connectivity index (χ0) is 21.6. The molecular formula is C21H27Cl2FN2O2S. The second kappa shape index (κ2) is 14.5. The van der Waals surface area contributed by atoms with Gasteiger partial charge in [0.25, 0.3) is 0 Å². The normalized spacial score (nSPS) is 15.9. The molecule has 8 heteroatoms. The molecule has 0 radical (unpaired) electrons. The van der Waals surface area contributed by atoms with Gasteiger partial charge in [0.2, 0.25) is 5.91 Å². The fourth-order valence-electron chi connectivity index (χ4n) is 2.64. The molecule has 4 nitrogen and oxygen atoms in total. The molecule has 2 aromatic rings. The van der Waals surface area contributed by atoms with Gasteiger partial charge in [0, 0.05) is 24.9 Å². The number of hydrogen-bond acceptors (Lipinski definition) is 4. The molecule has 1 heterocycles. The maximum absolute atomic E-state index is 12.0. The van der Waals surface area contributed by atoms with Crippen LogP contribution in [-0.4, -0.2) is 32.4 Å². The van der Waals surface area contributed by atoms with E-state index in [9.17, 15) is 8.68 Å². The monoisotopic (exact) mass is 460 g/mol. The van der Waals surface area contributed by atoms with Crippen molar-refractivity contribution in [2.75, 3.05) is 26.5 Å². The smallest absolute Gasteiger partial charge is 0.224 e. The van der Waals surface area contributed by atoms with Crippen molar-refractivity contribution in [2.45, 2.75) is 19.4 Å². The minimum atomic E-state index is 0.00759. The second-order valence-electron chi connectivity index (χ2n) is 6.27. The Morgan fingerprint density at radius 3 is 2.34 bits per heavy atom. The standard InChI is InChI=1S/C14H20N2O2.C6H4Cl2.CH3FS/c1-10(11-4-3-5-13(8-11)18-2)16-14(17)12-6-7-15-9-12;7-5-3-1-2-4-6(5)8;1-3-2/h3-5,8,10,12,15H,6-7,9H2,1-2H3,(H,16,17);1-4H;1H3/t10-,12?;;/m0../s1. The summed E-state index contributed by atoms with van der Waals surface area (Å²) in [4.78, 5) is 12.0. The summed E-state index contributed by atoms with van der Waals surface area (Å²) in [6.45, 7) is 3.72. The molecular weight excluding hydrogens is 434 g/mol. The molecule has 0 aromatic heterocycles. The van der Waals surface area contributed by atoms with Crippen molar-refractivity contribution in [3.05, 3.63) is 64.1 Å². The fourth-order valence-corrected chi connectivity index (χ4v) is 2.91. The molecule has 2 aromatic carbocycles. The lowest BCUT2D eigenvalue weighted by atomic mass is 10.0. The van der Waals surface area contributed by atoms with Gasteiger partial charge in [-0.3, -0.25) is 4.79 Å². The zero-order valence-corrected chi connectivity index (χ0v) is 19.1. The lowest BCUT2D eigenvalue weighted by molar-refractivity contribution is -0.125. The molecule has 2 N–H and O–H groups in total.